The van der Waals surface area contributed by atoms with Crippen molar-refractivity contribution in [2.75, 3.05) is 12.4 Å². The van der Waals surface area contributed by atoms with Crippen LogP contribution >= 0.6 is 28.1 Å². The number of ether oxygens (including phenoxy) is 1. The van der Waals surface area contributed by atoms with Crippen LogP contribution in [-0.4, -0.2) is 12.1 Å². The van der Waals surface area contributed by atoms with Gasteiger partial charge >= 0.3 is 0 Å². The van der Waals surface area contributed by atoms with Crippen molar-refractivity contribution in [2.24, 2.45) is 5.73 Å². The van der Waals surface area contributed by atoms with Crippen LogP contribution in [0.15, 0.2) is 40.9 Å². The Morgan fingerprint density at radius 3 is 2.70 bits per heavy atom. The molecule has 0 unspecified atom stereocenters. The largest absolute Gasteiger partial charge is 0.495 e. The van der Waals surface area contributed by atoms with Crippen molar-refractivity contribution >= 4 is 44.5 Å². The lowest BCUT2D eigenvalue weighted by atomic mass is 10.1. The molecule has 0 spiro atoms. The van der Waals surface area contributed by atoms with E-state index < -0.39 is 5.82 Å². The van der Waals surface area contributed by atoms with E-state index in [1.54, 1.807) is 25.3 Å². The zero-order chi connectivity index (χ0) is 14.7. The fraction of sp³-hybridized carbons (Fsp3) is 0.0714. The van der Waals surface area contributed by atoms with Gasteiger partial charge in [0.15, 0.2) is 0 Å². The minimum Gasteiger partial charge on any atom is -0.495 e. The van der Waals surface area contributed by atoms with Gasteiger partial charge in [-0.2, -0.15) is 0 Å². The van der Waals surface area contributed by atoms with E-state index >= 15 is 0 Å². The van der Waals surface area contributed by atoms with E-state index in [4.69, 9.17) is 22.7 Å². The Labute approximate surface area is 130 Å². The van der Waals surface area contributed by atoms with E-state index in [9.17, 15) is 4.39 Å². The summed E-state index contributed by atoms with van der Waals surface area (Å²) in [5.74, 6) is 0.169. The number of rotatable bonds is 4. The van der Waals surface area contributed by atoms with Gasteiger partial charge in [-0.05, 0) is 30.3 Å². The predicted octanol–water partition coefficient (Wildman–Crippen LogP) is 3.97. The highest BCUT2D eigenvalue weighted by molar-refractivity contribution is 9.10. The molecule has 0 saturated heterocycles. The zero-order valence-electron chi connectivity index (χ0n) is 10.6. The van der Waals surface area contributed by atoms with Gasteiger partial charge in [-0.25, -0.2) is 4.39 Å². The van der Waals surface area contributed by atoms with Gasteiger partial charge in [0.1, 0.15) is 16.6 Å². The first-order chi connectivity index (χ1) is 9.52. The molecule has 20 heavy (non-hydrogen) atoms. The van der Waals surface area contributed by atoms with Gasteiger partial charge in [-0.3, -0.25) is 0 Å². The molecule has 104 valence electrons. The number of anilines is 2. The summed E-state index contributed by atoms with van der Waals surface area (Å²) in [6.45, 7) is 0. The summed E-state index contributed by atoms with van der Waals surface area (Å²) >= 11 is 8.28. The molecule has 6 heteroatoms. The zero-order valence-corrected chi connectivity index (χ0v) is 13.0. The van der Waals surface area contributed by atoms with Crippen LogP contribution in [0.2, 0.25) is 0 Å². The number of nitrogens with one attached hydrogen (secondary N) is 1. The van der Waals surface area contributed by atoms with E-state index in [0.29, 0.717) is 17.1 Å². The van der Waals surface area contributed by atoms with Crippen LogP contribution in [0.25, 0.3) is 0 Å². The SMILES string of the molecule is COc1ccc(Br)cc1Nc1cccc(F)c1C(N)=S. The quantitative estimate of drug-likeness (QED) is 0.815. The highest BCUT2D eigenvalue weighted by Crippen LogP contribution is 2.32. The Morgan fingerprint density at radius 1 is 1.30 bits per heavy atom. The molecule has 2 aromatic rings. The fourth-order valence-corrected chi connectivity index (χ4v) is 2.37. The Morgan fingerprint density at radius 2 is 2.05 bits per heavy atom. The first-order valence-electron chi connectivity index (χ1n) is 5.72. The van der Waals surface area contributed by atoms with Gasteiger partial charge in [0.25, 0.3) is 0 Å². The Kier molecular flexibility index (Phi) is 4.57. The standard InChI is InChI=1S/C14H12BrFN2OS/c1-19-12-6-5-8(15)7-11(12)18-10-4-2-3-9(16)13(10)14(17)20/h2-7,18H,1H3,(H2,17,20). The molecule has 2 aromatic carbocycles. The van der Waals surface area contributed by atoms with E-state index in [0.717, 1.165) is 4.47 Å². The minimum atomic E-state index is -0.462. The van der Waals surface area contributed by atoms with Gasteiger partial charge < -0.3 is 15.8 Å². The molecule has 0 bridgehead atoms. The number of nitrogens with two attached hydrogens (primary N) is 1. The summed E-state index contributed by atoms with van der Waals surface area (Å²) in [6, 6.07) is 10.1. The van der Waals surface area contributed by atoms with Gasteiger partial charge in [-0.15, -0.1) is 0 Å². The Bertz CT molecular complexity index is 664. The summed E-state index contributed by atoms with van der Waals surface area (Å²) in [4.78, 5) is -0.000404. The molecule has 0 aromatic heterocycles. The fourth-order valence-electron chi connectivity index (χ4n) is 1.80. The minimum absolute atomic E-state index is 0.000404. The van der Waals surface area contributed by atoms with Crippen molar-refractivity contribution < 1.29 is 9.13 Å². The van der Waals surface area contributed by atoms with E-state index in [1.807, 2.05) is 12.1 Å². The number of benzene rings is 2. The van der Waals surface area contributed by atoms with Crippen molar-refractivity contribution in [3.8, 4) is 5.75 Å². The van der Waals surface area contributed by atoms with Gasteiger partial charge in [0.2, 0.25) is 0 Å². The Balaban J connectivity index is 2.48. The van der Waals surface area contributed by atoms with Crippen LogP contribution in [0.5, 0.6) is 5.75 Å². The van der Waals surface area contributed by atoms with Crippen LogP contribution < -0.4 is 15.8 Å². The molecular formula is C14H12BrFN2OS. The second kappa shape index (κ2) is 6.19. The second-order valence-electron chi connectivity index (χ2n) is 4.00. The molecule has 0 amide bonds. The van der Waals surface area contributed by atoms with E-state index in [1.165, 1.54) is 6.07 Å². The molecule has 0 aliphatic heterocycles. The second-order valence-corrected chi connectivity index (χ2v) is 5.35. The van der Waals surface area contributed by atoms with Crippen molar-refractivity contribution in [3.63, 3.8) is 0 Å². The average Bonchev–Trinajstić information content (AvgIpc) is 2.38. The number of hydrogen-bond acceptors (Lipinski definition) is 3. The topological polar surface area (TPSA) is 47.3 Å². The molecule has 3 N–H and O–H groups in total. The number of hydrogen-bond donors (Lipinski definition) is 2. The Hall–Kier alpha value is -1.66. The third-order valence-corrected chi connectivity index (χ3v) is 3.39. The molecule has 0 radical (unpaired) electrons. The molecule has 3 nitrogen and oxygen atoms in total. The number of halogens is 2. The molecule has 0 fully saturated rings. The molecule has 0 aliphatic carbocycles. The lowest BCUT2D eigenvalue weighted by Gasteiger charge is -2.15. The molecule has 0 heterocycles. The predicted molar refractivity (Wildman–Crippen MR) is 86.3 cm³/mol. The lowest BCUT2D eigenvalue weighted by Crippen LogP contribution is -2.14. The smallest absolute Gasteiger partial charge is 0.142 e. The summed E-state index contributed by atoms with van der Waals surface area (Å²) in [5, 5.41) is 3.09. The summed E-state index contributed by atoms with van der Waals surface area (Å²) in [5.41, 5.74) is 6.94. The third-order valence-electron chi connectivity index (χ3n) is 2.69. The normalized spacial score (nSPS) is 10.2. The summed E-state index contributed by atoms with van der Waals surface area (Å²) in [7, 11) is 1.56. The molecule has 0 saturated carbocycles. The maximum Gasteiger partial charge on any atom is 0.142 e. The highest BCUT2D eigenvalue weighted by Gasteiger charge is 2.13. The van der Waals surface area contributed by atoms with Crippen LogP contribution in [-0.2, 0) is 0 Å². The maximum atomic E-state index is 13.8. The molecule has 0 aliphatic rings. The van der Waals surface area contributed by atoms with E-state index in [2.05, 4.69) is 21.2 Å². The van der Waals surface area contributed by atoms with Gasteiger partial charge in [-0.1, -0.05) is 34.2 Å². The number of thiocarbonyl (C=S) groups is 1. The number of methoxy groups -OCH3 is 1. The first-order valence-corrected chi connectivity index (χ1v) is 6.92. The average molecular weight is 355 g/mol. The maximum absolute atomic E-state index is 13.8. The van der Waals surface area contributed by atoms with Crippen molar-refractivity contribution in [1.29, 1.82) is 0 Å². The van der Waals surface area contributed by atoms with Crippen molar-refractivity contribution in [1.82, 2.24) is 0 Å². The van der Waals surface area contributed by atoms with Crippen LogP contribution in [0, 0.1) is 5.82 Å². The van der Waals surface area contributed by atoms with E-state index in [-0.39, 0.29) is 10.6 Å². The van der Waals surface area contributed by atoms with Gasteiger partial charge in [0, 0.05) is 4.47 Å². The molecule has 0 atom stereocenters. The monoisotopic (exact) mass is 354 g/mol. The highest BCUT2D eigenvalue weighted by atomic mass is 79.9. The van der Waals surface area contributed by atoms with Crippen molar-refractivity contribution in [3.05, 3.63) is 52.3 Å². The van der Waals surface area contributed by atoms with Crippen LogP contribution in [0.4, 0.5) is 15.8 Å². The van der Waals surface area contributed by atoms with Gasteiger partial charge in [0.05, 0.1) is 24.0 Å². The summed E-state index contributed by atoms with van der Waals surface area (Å²) in [6.07, 6.45) is 0. The van der Waals surface area contributed by atoms with Crippen LogP contribution in [0.1, 0.15) is 5.56 Å². The molecule has 2 rings (SSSR count). The summed E-state index contributed by atoms with van der Waals surface area (Å²) < 4.78 is 19.9. The lowest BCUT2D eigenvalue weighted by molar-refractivity contribution is 0.416. The van der Waals surface area contributed by atoms with Crippen LogP contribution in [0.3, 0.4) is 0 Å². The third kappa shape index (κ3) is 3.08. The van der Waals surface area contributed by atoms with Crippen molar-refractivity contribution in [2.45, 2.75) is 0 Å². The first kappa shape index (κ1) is 14.7. The molecular weight excluding hydrogens is 343 g/mol.